The molecule has 19 nitrogen and oxygen atoms in total. The van der Waals surface area contributed by atoms with Crippen molar-refractivity contribution < 1.29 is 56.3 Å². The molecule has 0 aliphatic carbocycles. The van der Waals surface area contributed by atoms with Crippen LogP contribution in [0, 0.1) is 23.7 Å². The molecule has 0 spiro atoms. The topological polar surface area (TPSA) is 285 Å². The molecule has 6 rings (SSSR count). The Hall–Kier alpha value is -4.68. The molecule has 5 atom stereocenters. The number of nitrogens with two attached hydrogens (primary N) is 1. The number of nitrogens with zero attached hydrogens (tertiary/aromatic N) is 6. The lowest BCUT2D eigenvalue weighted by atomic mass is 10.1. The Morgan fingerprint density at radius 2 is 1.48 bits per heavy atom. The molecule has 0 bridgehead atoms. The lowest BCUT2D eigenvalue weighted by Crippen LogP contribution is -2.26. The molecule has 0 saturated carbocycles. The van der Waals surface area contributed by atoms with Crippen LogP contribution in [-0.2, 0) is 31.6 Å². The maximum Gasteiger partial charge on any atom is 0.490 e. The smallest absolute Gasteiger partial charge is 0.390 e. The van der Waals surface area contributed by atoms with E-state index in [1.807, 2.05) is 48.5 Å². The molecule has 6 heterocycles. The zero-order valence-corrected chi connectivity index (χ0v) is 31.8. The molecule has 0 amide bonds. The van der Waals surface area contributed by atoms with E-state index in [9.17, 15) is 28.6 Å². The summed E-state index contributed by atoms with van der Waals surface area (Å²) in [6, 6.07) is 15.1. The highest BCUT2D eigenvalue weighted by atomic mass is 31.3. The first-order chi connectivity index (χ1) is 26.7. The quantitative estimate of drug-likeness (QED) is 0.0542. The molecule has 1 aliphatic heterocycles. The molecule has 22 heteroatoms. The number of ether oxygens (including phenoxy) is 1. The average Bonchev–Trinajstić information content (AvgIpc) is 3.71. The van der Waals surface area contributed by atoms with Crippen molar-refractivity contribution in [2.75, 3.05) is 12.3 Å². The number of aliphatic hydroxyl groups excluding tert-OH is 1. The summed E-state index contributed by atoms with van der Waals surface area (Å²) in [6.07, 6.45) is 5.60. The van der Waals surface area contributed by atoms with Gasteiger partial charge in [0.25, 0.3) is 0 Å². The molecule has 7 N–H and O–H groups in total. The van der Waals surface area contributed by atoms with Gasteiger partial charge in [0.15, 0.2) is 0 Å². The van der Waals surface area contributed by atoms with E-state index in [2.05, 4.69) is 56.8 Å². The number of pyridine rings is 3. The molecule has 1 fully saturated rings. The van der Waals surface area contributed by atoms with Gasteiger partial charge in [-0.2, -0.15) is 8.62 Å². The molecule has 5 aromatic heterocycles. The molecule has 0 radical (unpaired) electrons. The van der Waals surface area contributed by atoms with E-state index in [-0.39, 0.29) is 12.2 Å². The Morgan fingerprint density at radius 1 is 0.839 bits per heavy atom. The molecule has 56 heavy (non-hydrogen) atoms. The third kappa shape index (κ3) is 11.0. The molecule has 5 aromatic rings. The number of rotatable bonds is 13. The Balaban J connectivity index is 1.07. The molecule has 1 aliphatic rings. The molecular formula is C34H34N7O12P3. The van der Waals surface area contributed by atoms with Gasteiger partial charge in [-0.15, -0.1) is 0 Å². The van der Waals surface area contributed by atoms with Crippen LogP contribution in [0.15, 0.2) is 73.4 Å². The minimum Gasteiger partial charge on any atom is -0.390 e. The summed E-state index contributed by atoms with van der Waals surface area (Å²) < 4.78 is 54.1. The summed E-state index contributed by atoms with van der Waals surface area (Å²) in [5.41, 5.74) is 10.7. The number of hydrogen-bond donors (Lipinski definition) is 6. The Labute approximate surface area is 319 Å². The van der Waals surface area contributed by atoms with E-state index in [1.54, 1.807) is 23.2 Å². The minimum atomic E-state index is -5.71. The monoisotopic (exact) mass is 825 g/mol. The van der Waals surface area contributed by atoms with Gasteiger partial charge in [0, 0.05) is 43.4 Å². The highest BCUT2D eigenvalue weighted by Crippen LogP contribution is 2.66. The van der Waals surface area contributed by atoms with Gasteiger partial charge in [-0.05, 0) is 49.2 Å². The summed E-state index contributed by atoms with van der Waals surface area (Å²) in [6.45, 7) is -0.824. The summed E-state index contributed by atoms with van der Waals surface area (Å²) in [5.74, 6) is 12.9. The van der Waals surface area contributed by atoms with E-state index < -0.39 is 48.5 Å². The summed E-state index contributed by atoms with van der Waals surface area (Å²) in [4.78, 5) is 58.5. The molecule has 1 saturated heterocycles. The van der Waals surface area contributed by atoms with Crippen LogP contribution < -0.4 is 5.73 Å². The number of aromatic nitrogens is 6. The van der Waals surface area contributed by atoms with Crippen LogP contribution in [-0.4, -0.2) is 73.0 Å². The number of unbranched alkanes of at least 4 members (excludes halogenated alkanes) is 3. The van der Waals surface area contributed by atoms with E-state index in [0.717, 1.165) is 29.8 Å². The third-order valence-electron chi connectivity index (χ3n) is 7.96. The molecular weight excluding hydrogens is 791 g/mol. The second-order valence-electron chi connectivity index (χ2n) is 12.1. The van der Waals surface area contributed by atoms with Crippen LogP contribution in [0.4, 0.5) is 5.82 Å². The zero-order chi connectivity index (χ0) is 39.9. The van der Waals surface area contributed by atoms with Gasteiger partial charge in [0.2, 0.25) is 0 Å². The van der Waals surface area contributed by atoms with Gasteiger partial charge in [0.05, 0.1) is 46.4 Å². The van der Waals surface area contributed by atoms with Crippen molar-refractivity contribution >= 4 is 40.3 Å². The number of hydrogen-bond acceptors (Lipinski definition) is 14. The lowest BCUT2D eigenvalue weighted by Gasteiger charge is -2.19. The van der Waals surface area contributed by atoms with Gasteiger partial charge >= 0.3 is 23.5 Å². The van der Waals surface area contributed by atoms with Crippen LogP contribution >= 0.6 is 23.5 Å². The standard InChI is InChI=1S/C34H34N7O12P3/c35-33-32-24(12-6-4-2-1-3-5-11-23-17-27(25-13-7-9-15-36-25)40-28(18-23)26-14-8-10-16-37-26)20-41(34(32)39-22-38-33)31-19-29(42)30(51-31)21-50-55(46,47)53-56(48,49)52-54(43,44)45/h7-10,13-18,20,22,29-31,42H,1-4,19,21H2,(H,46,47)(H,48,49)(H2,35,38,39)(H2,43,44,45)/t29-,30+,31+/m0/s1. The Morgan fingerprint density at radius 3 is 2.09 bits per heavy atom. The maximum absolute atomic E-state index is 12.2. The van der Waals surface area contributed by atoms with Crippen molar-refractivity contribution in [1.82, 2.24) is 29.5 Å². The fraction of sp³-hybridized carbons (Fsp3) is 0.265. The second-order valence-corrected chi connectivity index (χ2v) is 16.5. The molecule has 0 aromatic carbocycles. The van der Waals surface area contributed by atoms with Crippen molar-refractivity contribution in [3.05, 3.63) is 84.6 Å². The lowest BCUT2D eigenvalue weighted by molar-refractivity contribution is -0.0421. The van der Waals surface area contributed by atoms with E-state index in [4.69, 9.17) is 25.2 Å². The predicted octanol–water partition coefficient (Wildman–Crippen LogP) is 4.49. The van der Waals surface area contributed by atoms with Gasteiger partial charge < -0.3 is 39.7 Å². The predicted molar refractivity (Wildman–Crippen MR) is 199 cm³/mol. The SMILES string of the molecule is Nc1ncnc2c1c(C#CCCCCC#Cc1cc(-c3ccccn3)nc(-c3ccccn3)c1)cn2[C@H]1C[C@H](O)[C@@H](COP(=O)(O)OP(=O)(O)OP(=O)(O)O)O1. The number of anilines is 1. The van der Waals surface area contributed by atoms with Gasteiger partial charge in [0.1, 0.15) is 30.1 Å². The first-order valence-electron chi connectivity index (χ1n) is 16.7. The first kappa shape index (κ1) is 41.0. The highest BCUT2D eigenvalue weighted by Gasteiger charge is 2.43. The second kappa shape index (κ2) is 17.6. The number of nitrogen functional groups attached to an aromatic ring is 1. The largest absolute Gasteiger partial charge is 0.490 e. The fourth-order valence-corrected chi connectivity index (χ4v) is 8.60. The van der Waals surface area contributed by atoms with Crippen molar-refractivity contribution in [1.29, 1.82) is 0 Å². The number of phosphoric ester groups is 1. The summed E-state index contributed by atoms with van der Waals surface area (Å²) >= 11 is 0. The van der Waals surface area contributed by atoms with Crippen molar-refractivity contribution in [2.24, 2.45) is 0 Å². The number of fused-ring (bicyclic) bond motifs is 1. The van der Waals surface area contributed by atoms with Crippen LogP contribution in [0.1, 0.15) is 49.5 Å². The minimum absolute atomic E-state index is 0.0412. The van der Waals surface area contributed by atoms with E-state index >= 15 is 0 Å². The van der Waals surface area contributed by atoms with Gasteiger partial charge in [-0.1, -0.05) is 35.8 Å². The van der Waals surface area contributed by atoms with Crippen LogP contribution in [0.25, 0.3) is 33.8 Å². The van der Waals surface area contributed by atoms with Crippen LogP contribution in [0.2, 0.25) is 0 Å². The molecule has 292 valence electrons. The first-order valence-corrected chi connectivity index (χ1v) is 21.2. The fourth-order valence-electron chi connectivity index (χ4n) is 5.57. The summed E-state index contributed by atoms with van der Waals surface area (Å²) in [5, 5.41) is 11.1. The zero-order valence-electron chi connectivity index (χ0n) is 29.1. The van der Waals surface area contributed by atoms with Crippen LogP contribution in [0.3, 0.4) is 0 Å². The average molecular weight is 826 g/mol. The van der Waals surface area contributed by atoms with Crippen molar-refractivity contribution in [3.63, 3.8) is 0 Å². The maximum atomic E-state index is 12.2. The Kier molecular flexibility index (Phi) is 12.9. The molecule has 2 unspecified atom stereocenters. The number of aliphatic hydroxyl groups is 1. The van der Waals surface area contributed by atoms with Gasteiger partial charge in [-0.25, -0.2) is 28.6 Å². The highest BCUT2D eigenvalue weighted by molar-refractivity contribution is 7.66. The van der Waals surface area contributed by atoms with E-state index in [1.165, 1.54) is 6.33 Å². The Bertz CT molecular complexity index is 2410. The number of phosphoric acid groups is 3. The van der Waals surface area contributed by atoms with Gasteiger partial charge in [-0.3, -0.25) is 14.5 Å². The van der Waals surface area contributed by atoms with Crippen molar-refractivity contribution in [2.45, 2.75) is 50.5 Å². The third-order valence-corrected chi connectivity index (χ3v) is 11.8. The van der Waals surface area contributed by atoms with Crippen LogP contribution in [0.5, 0.6) is 0 Å². The van der Waals surface area contributed by atoms with E-state index in [0.29, 0.717) is 40.8 Å². The van der Waals surface area contributed by atoms with Crippen molar-refractivity contribution in [3.8, 4) is 46.5 Å². The summed E-state index contributed by atoms with van der Waals surface area (Å²) in [7, 11) is -16.7. The normalized spacial score (nSPS) is 19.0.